The maximum Gasteiger partial charge on any atom is 0.314 e. The zero-order valence-electron chi connectivity index (χ0n) is 17.7. The zero-order chi connectivity index (χ0) is 21.8. The fourth-order valence-electron chi connectivity index (χ4n) is 3.60. The molecule has 0 spiro atoms. The van der Waals surface area contributed by atoms with Crippen molar-refractivity contribution in [3.05, 3.63) is 52.0 Å². The number of piperidine rings is 1. The van der Waals surface area contributed by atoms with Crippen molar-refractivity contribution in [3.63, 3.8) is 0 Å². The summed E-state index contributed by atoms with van der Waals surface area (Å²) in [5.41, 5.74) is 2.24. The predicted octanol–water partition coefficient (Wildman–Crippen LogP) is 4.43. The lowest BCUT2D eigenvalue weighted by atomic mass is 9.96. The molecule has 0 bridgehead atoms. The monoisotopic (exact) mass is 431 g/mol. The van der Waals surface area contributed by atoms with Crippen molar-refractivity contribution in [2.24, 2.45) is 5.92 Å². The molecule has 2 aromatic rings. The lowest BCUT2D eigenvalue weighted by Gasteiger charge is -2.31. The largest absolute Gasteiger partial charge is 0.497 e. The number of benzene rings is 2. The van der Waals surface area contributed by atoms with Gasteiger partial charge in [-0.3, -0.25) is 9.59 Å². The van der Waals surface area contributed by atoms with Gasteiger partial charge in [-0.1, -0.05) is 11.6 Å². The van der Waals surface area contributed by atoms with E-state index in [4.69, 9.17) is 25.8 Å². The Kier molecular flexibility index (Phi) is 6.87. The minimum Gasteiger partial charge on any atom is -0.497 e. The Morgan fingerprint density at radius 1 is 0.900 bits per heavy atom. The fourth-order valence-corrected chi connectivity index (χ4v) is 3.71. The molecule has 0 aliphatic carbocycles. The van der Waals surface area contributed by atoms with Crippen molar-refractivity contribution in [3.8, 4) is 17.2 Å². The molecule has 7 heteroatoms. The van der Waals surface area contributed by atoms with Gasteiger partial charge >= 0.3 is 5.97 Å². The smallest absolute Gasteiger partial charge is 0.314 e. The summed E-state index contributed by atoms with van der Waals surface area (Å²) in [6.07, 6.45) is 1.11. The van der Waals surface area contributed by atoms with Gasteiger partial charge in [0.25, 0.3) is 5.91 Å². The van der Waals surface area contributed by atoms with E-state index >= 15 is 0 Å². The highest BCUT2D eigenvalue weighted by atomic mass is 35.5. The summed E-state index contributed by atoms with van der Waals surface area (Å²) in [7, 11) is 3.09. The van der Waals surface area contributed by atoms with Crippen LogP contribution in [0.2, 0.25) is 5.02 Å². The first-order chi connectivity index (χ1) is 14.3. The first-order valence-corrected chi connectivity index (χ1v) is 10.2. The Hall–Kier alpha value is -2.73. The molecule has 1 fully saturated rings. The molecule has 30 heavy (non-hydrogen) atoms. The number of nitrogens with zero attached hydrogens (tertiary/aromatic N) is 1. The molecule has 0 N–H and O–H groups in total. The summed E-state index contributed by atoms with van der Waals surface area (Å²) >= 11 is 6.18. The molecular weight excluding hydrogens is 406 g/mol. The number of likely N-dealkylation sites (tertiary alicyclic amines) is 1. The normalized spacial score (nSPS) is 14.4. The minimum absolute atomic E-state index is 0.108. The quantitative estimate of drug-likeness (QED) is 0.517. The van der Waals surface area contributed by atoms with Crippen LogP contribution in [0.15, 0.2) is 30.3 Å². The van der Waals surface area contributed by atoms with E-state index in [1.165, 1.54) is 0 Å². The van der Waals surface area contributed by atoms with Crippen molar-refractivity contribution in [1.82, 2.24) is 4.90 Å². The Labute approximate surface area is 181 Å². The van der Waals surface area contributed by atoms with Gasteiger partial charge in [0.2, 0.25) is 0 Å². The van der Waals surface area contributed by atoms with Crippen molar-refractivity contribution < 1.29 is 23.8 Å². The van der Waals surface area contributed by atoms with Crippen LogP contribution >= 0.6 is 11.6 Å². The Balaban J connectivity index is 1.62. The van der Waals surface area contributed by atoms with Crippen molar-refractivity contribution in [1.29, 1.82) is 0 Å². The van der Waals surface area contributed by atoms with Crippen LogP contribution in [-0.4, -0.2) is 44.1 Å². The van der Waals surface area contributed by atoms with Gasteiger partial charge in [0, 0.05) is 29.7 Å². The summed E-state index contributed by atoms with van der Waals surface area (Å²) in [6, 6.07) is 8.64. The number of amides is 1. The Morgan fingerprint density at radius 3 is 1.93 bits per heavy atom. The first-order valence-electron chi connectivity index (χ1n) is 9.83. The Morgan fingerprint density at radius 2 is 1.43 bits per heavy atom. The van der Waals surface area contributed by atoms with Gasteiger partial charge in [0.05, 0.1) is 20.1 Å². The number of aryl methyl sites for hydroxylation is 2. The molecule has 1 aliphatic heterocycles. The van der Waals surface area contributed by atoms with Crippen LogP contribution in [0.25, 0.3) is 0 Å². The number of methoxy groups -OCH3 is 2. The fraction of sp³-hybridized carbons (Fsp3) is 0.391. The van der Waals surface area contributed by atoms with Crippen molar-refractivity contribution in [2.45, 2.75) is 26.7 Å². The second-order valence-electron chi connectivity index (χ2n) is 7.46. The predicted molar refractivity (Wildman–Crippen MR) is 115 cm³/mol. The molecule has 1 saturated heterocycles. The highest BCUT2D eigenvalue weighted by Gasteiger charge is 2.29. The molecule has 0 unspecified atom stereocenters. The lowest BCUT2D eigenvalue weighted by molar-refractivity contribution is -0.140. The van der Waals surface area contributed by atoms with Crippen LogP contribution in [0, 0.1) is 19.8 Å². The molecule has 1 heterocycles. The molecule has 0 aromatic heterocycles. The molecule has 0 atom stereocenters. The van der Waals surface area contributed by atoms with E-state index in [9.17, 15) is 9.59 Å². The van der Waals surface area contributed by atoms with E-state index in [0.717, 1.165) is 11.1 Å². The summed E-state index contributed by atoms with van der Waals surface area (Å²) in [5.74, 6) is 0.996. The first kappa shape index (κ1) is 22.0. The summed E-state index contributed by atoms with van der Waals surface area (Å²) in [4.78, 5) is 27.2. The summed E-state index contributed by atoms with van der Waals surface area (Å²) in [6.45, 7) is 4.72. The third kappa shape index (κ3) is 4.87. The molecule has 6 nitrogen and oxygen atoms in total. The molecular formula is C23H26ClNO5. The number of halogens is 1. The van der Waals surface area contributed by atoms with E-state index in [1.807, 2.05) is 13.8 Å². The SMILES string of the molecule is COc1cc(OC)cc(C(=O)N2CCC(C(=O)Oc3cc(C)c(Cl)c(C)c3)CC2)c1. The van der Waals surface area contributed by atoms with Gasteiger partial charge in [0.15, 0.2) is 0 Å². The zero-order valence-corrected chi connectivity index (χ0v) is 18.4. The van der Waals surface area contributed by atoms with Crippen LogP contribution in [0.1, 0.15) is 34.3 Å². The second-order valence-corrected chi connectivity index (χ2v) is 7.84. The molecule has 160 valence electrons. The van der Waals surface area contributed by atoms with E-state index in [-0.39, 0.29) is 17.8 Å². The lowest BCUT2D eigenvalue weighted by Crippen LogP contribution is -2.41. The maximum absolute atomic E-state index is 12.9. The van der Waals surface area contributed by atoms with Gasteiger partial charge in [-0.2, -0.15) is 0 Å². The highest BCUT2D eigenvalue weighted by Crippen LogP contribution is 2.28. The van der Waals surface area contributed by atoms with Gasteiger partial charge in [-0.05, 0) is 62.1 Å². The van der Waals surface area contributed by atoms with Gasteiger partial charge in [-0.15, -0.1) is 0 Å². The molecule has 1 amide bonds. The molecule has 2 aromatic carbocycles. The van der Waals surface area contributed by atoms with Crippen molar-refractivity contribution >= 4 is 23.5 Å². The molecule has 1 aliphatic rings. The number of hydrogen-bond donors (Lipinski definition) is 0. The number of ether oxygens (including phenoxy) is 3. The van der Waals surface area contributed by atoms with E-state index in [2.05, 4.69) is 0 Å². The standard InChI is InChI=1S/C23H26ClNO5/c1-14-9-20(10-15(2)21(14)24)30-23(27)16-5-7-25(8-6-16)22(26)17-11-18(28-3)13-19(12-17)29-4/h9-13,16H,5-8H2,1-4H3. The van der Waals surface area contributed by atoms with Gasteiger partial charge in [0.1, 0.15) is 17.2 Å². The number of rotatable bonds is 5. The minimum atomic E-state index is -0.272. The highest BCUT2D eigenvalue weighted by molar-refractivity contribution is 6.32. The third-order valence-corrected chi connectivity index (χ3v) is 5.94. The number of esters is 1. The van der Waals surface area contributed by atoms with E-state index in [0.29, 0.717) is 53.8 Å². The van der Waals surface area contributed by atoms with E-state index < -0.39 is 0 Å². The van der Waals surface area contributed by atoms with Crippen LogP contribution in [0.3, 0.4) is 0 Å². The topological polar surface area (TPSA) is 65.1 Å². The average Bonchev–Trinajstić information content (AvgIpc) is 2.76. The Bertz CT molecular complexity index is 905. The molecule has 0 radical (unpaired) electrons. The van der Waals surface area contributed by atoms with E-state index in [1.54, 1.807) is 49.5 Å². The second kappa shape index (κ2) is 9.39. The summed E-state index contributed by atoms with van der Waals surface area (Å²) < 4.78 is 16.1. The maximum atomic E-state index is 12.9. The number of carbonyl (C=O) groups excluding carboxylic acids is 2. The van der Waals surface area contributed by atoms with Crippen LogP contribution in [0.5, 0.6) is 17.2 Å². The average molecular weight is 432 g/mol. The van der Waals surface area contributed by atoms with Crippen LogP contribution in [-0.2, 0) is 4.79 Å². The summed E-state index contributed by atoms with van der Waals surface area (Å²) in [5, 5.41) is 0.677. The van der Waals surface area contributed by atoms with Crippen molar-refractivity contribution in [2.75, 3.05) is 27.3 Å². The van der Waals surface area contributed by atoms with Gasteiger partial charge in [-0.25, -0.2) is 0 Å². The molecule has 0 saturated carbocycles. The number of hydrogen-bond acceptors (Lipinski definition) is 5. The third-order valence-electron chi connectivity index (χ3n) is 5.34. The van der Waals surface area contributed by atoms with Gasteiger partial charge < -0.3 is 19.1 Å². The van der Waals surface area contributed by atoms with Crippen LogP contribution < -0.4 is 14.2 Å². The number of carbonyl (C=O) groups is 2. The van der Waals surface area contributed by atoms with Crippen LogP contribution in [0.4, 0.5) is 0 Å². The molecule has 3 rings (SSSR count).